The van der Waals surface area contributed by atoms with Crippen molar-refractivity contribution in [3.8, 4) is 11.5 Å². The van der Waals surface area contributed by atoms with E-state index < -0.39 is 27.7 Å². The molecule has 0 saturated heterocycles. The topological polar surface area (TPSA) is 64.6 Å². The van der Waals surface area contributed by atoms with E-state index in [9.17, 15) is 17.2 Å². The zero-order valence-corrected chi connectivity index (χ0v) is 13.6. The number of sulfonamides is 1. The molecule has 0 aromatic heterocycles. The van der Waals surface area contributed by atoms with Gasteiger partial charge in [-0.2, -0.15) is 0 Å². The van der Waals surface area contributed by atoms with Crippen molar-refractivity contribution in [1.82, 2.24) is 4.72 Å². The Balaban J connectivity index is 1.85. The van der Waals surface area contributed by atoms with Crippen LogP contribution >= 0.6 is 0 Å². The van der Waals surface area contributed by atoms with Crippen LogP contribution in [0.25, 0.3) is 0 Å². The Morgan fingerprint density at radius 2 is 1.75 bits per heavy atom. The molecule has 1 N–H and O–H groups in total. The monoisotopic (exact) mass is 355 g/mol. The van der Waals surface area contributed by atoms with Crippen LogP contribution in [0.4, 0.5) is 8.78 Å². The molecule has 1 aliphatic rings. The van der Waals surface area contributed by atoms with Crippen molar-refractivity contribution >= 4 is 10.0 Å². The predicted molar refractivity (Wildman–Crippen MR) is 82.5 cm³/mol. The molecule has 0 spiro atoms. The summed E-state index contributed by atoms with van der Waals surface area (Å²) in [6.45, 7) is 2.21. The van der Waals surface area contributed by atoms with Gasteiger partial charge < -0.3 is 9.47 Å². The normalized spacial score (nSPS) is 15.1. The van der Waals surface area contributed by atoms with Gasteiger partial charge in [-0.3, -0.25) is 0 Å². The van der Waals surface area contributed by atoms with Gasteiger partial charge in [0, 0.05) is 23.7 Å². The van der Waals surface area contributed by atoms with Gasteiger partial charge in [0.25, 0.3) is 0 Å². The summed E-state index contributed by atoms with van der Waals surface area (Å²) < 4.78 is 64.8. The maximum Gasteiger partial charge on any atom is 0.241 e. The Hall–Kier alpha value is -2.19. The van der Waals surface area contributed by atoms with Gasteiger partial charge in [0.2, 0.25) is 10.0 Å². The number of hydrogen-bond acceptors (Lipinski definition) is 4. The number of halogens is 2. The van der Waals surface area contributed by atoms with Gasteiger partial charge in [0.15, 0.2) is 11.5 Å². The first-order valence-corrected chi connectivity index (χ1v) is 8.72. The zero-order valence-electron chi connectivity index (χ0n) is 12.8. The largest absolute Gasteiger partial charge is 0.486 e. The molecule has 128 valence electrons. The molecule has 0 radical (unpaired) electrons. The number of hydrogen-bond donors (Lipinski definition) is 1. The van der Waals surface area contributed by atoms with E-state index in [0.717, 1.165) is 6.07 Å². The number of rotatable bonds is 4. The molecular formula is C16H15F2NO4S. The second-order valence-corrected chi connectivity index (χ2v) is 7.03. The van der Waals surface area contributed by atoms with Crippen LogP contribution in [0.5, 0.6) is 11.5 Å². The van der Waals surface area contributed by atoms with E-state index in [1.165, 1.54) is 31.2 Å². The molecule has 0 fully saturated rings. The number of nitrogens with one attached hydrogen (secondary N) is 1. The van der Waals surface area contributed by atoms with E-state index in [0.29, 0.717) is 30.8 Å². The SMILES string of the molecule is CC(NS(=O)(=O)c1ccc2c(c1)OCCO2)c1ccc(F)cc1F. The molecule has 1 aliphatic heterocycles. The standard InChI is InChI=1S/C16H15F2NO4S/c1-10(13-4-2-11(17)8-14(13)18)19-24(20,21)12-3-5-15-16(9-12)23-7-6-22-15/h2-5,8-10,19H,6-7H2,1H3. The van der Waals surface area contributed by atoms with Crippen LogP contribution in [0.1, 0.15) is 18.5 Å². The molecule has 0 amide bonds. The summed E-state index contributed by atoms with van der Waals surface area (Å²) >= 11 is 0. The Morgan fingerprint density at radius 3 is 2.46 bits per heavy atom. The highest BCUT2D eigenvalue weighted by molar-refractivity contribution is 7.89. The number of fused-ring (bicyclic) bond motifs is 1. The fraction of sp³-hybridized carbons (Fsp3) is 0.250. The van der Waals surface area contributed by atoms with Gasteiger partial charge in [0.05, 0.1) is 4.90 Å². The molecule has 1 unspecified atom stereocenters. The molecular weight excluding hydrogens is 340 g/mol. The quantitative estimate of drug-likeness (QED) is 0.916. The summed E-state index contributed by atoms with van der Waals surface area (Å²) in [6, 6.07) is 6.36. The third kappa shape index (κ3) is 3.34. The molecule has 8 heteroatoms. The Labute approximate surface area is 138 Å². The fourth-order valence-corrected chi connectivity index (χ4v) is 3.65. The van der Waals surface area contributed by atoms with Gasteiger partial charge in [-0.15, -0.1) is 0 Å². The second kappa shape index (κ2) is 6.37. The van der Waals surface area contributed by atoms with Crippen molar-refractivity contribution < 1.29 is 26.7 Å². The number of benzene rings is 2. The van der Waals surface area contributed by atoms with Crippen molar-refractivity contribution in [2.24, 2.45) is 0 Å². The average Bonchev–Trinajstić information content (AvgIpc) is 2.53. The van der Waals surface area contributed by atoms with Crippen LogP contribution in [0.15, 0.2) is 41.3 Å². The first kappa shape index (κ1) is 16.7. The van der Waals surface area contributed by atoms with E-state index in [4.69, 9.17) is 9.47 Å². The van der Waals surface area contributed by atoms with Crippen molar-refractivity contribution in [2.45, 2.75) is 17.9 Å². The average molecular weight is 355 g/mol. The maximum absolute atomic E-state index is 13.8. The third-order valence-corrected chi connectivity index (χ3v) is 5.12. The molecule has 0 bridgehead atoms. The summed E-state index contributed by atoms with van der Waals surface area (Å²) in [5.41, 5.74) is 0.0533. The lowest BCUT2D eigenvalue weighted by Crippen LogP contribution is -2.27. The van der Waals surface area contributed by atoms with Crippen molar-refractivity contribution in [3.63, 3.8) is 0 Å². The van der Waals surface area contributed by atoms with Crippen molar-refractivity contribution in [3.05, 3.63) is 53.6 Å². The molecule has 0 aliphatic carbocycles. The van der Waals surface area contributed by atoms with Crippen LogP contribution < -0.4 is 14.2 Å². The van der Waals surface area contributed by atoms with E-state index >= 15 is 0 Å². The van der Waals surface area contributed by atoms with E-state index in [1.54, 1.807) is 0 Å². The van der Waals surface area contributed by atoms with Crippen LogP contribution in [0.3, 0.4) is 0 Å². The summed E-state index contributed by atoms with van der Waals surface area (Å²) in [5, 5.41) is 0. The smallest absolute Gasteiger partial charge is 0.241 e. The lowest BCUT2D eigenvalue weighted by molar-refractivity contribution is 0.171. The molecule has 2 aromatic carbocycles. The van der Waals surface area contributed by atoms with Crippen LogP contribution in [-0.2, 0) is 10.0 Å². The summed E-state index contributed by atoms with van der Waals surface area (Å²) in [6.07, 6.45) is 0. The van der Waals surface area contributed by atoms with Gasteiger partial charge in [0.1, 0.15) is 24.8 Å². The second-order valence-electron chi connectivity index (χ2n) is 5.31. The van der Waals surface area contributed by atoms with Crippen molar-refractivity contribution in [1.29, 1.82) is 0 Å². The number of ether oxygens (including phenoxy) is 2. The first-order chi connectivity index (χ1) is 11.4. The minimum atomic E-state index is -3.91. The molecule has 1 atom stereocenters. The zero-order chi connectivity index (χ0) is 17.3. The fourth-order valence-electron chi connectivity index (χ4n) is 2.41. The van der Waals surface area contributed by atoms with Gasteiger partial charge in [-0.05, 0) is 25.1 Å². The third-order valence-electron chi connectivity index (χ3n) is 3.58. The summed E-state index contributed by atoms with van der Waals surface area (Å²) in [7, 11) is -3.91. The highest BCUT2D eigenvalue weighted by atomic mass is 32.2. The van der Waals surface area contributed by atoms with Crippen molar-refractivity contribution in [2.75, 3.05) is 13.2 Å². The lowest BCUT2D eigenvalue weighted by Gasteiger charge is -2.20. The lowest BCUT2D eigenvalue weighted by atomic mass is 10.1. The maximum atomic E-state index is 13.8. The highest BCUT2D eigenvalue weighted by Crippen LogP contribution is 2.32. The van der Waals surface area contributed by atoms with E-state index in [1.807, 2.05) is 0 Å². The highest BCUT2D eigenvalue weighted by Gasteiger charge is 2.23. The predicted octanol–water partition coefficient (Wildman–Crippen LogP) is 2.78. The molecule has 3 rings (SSSR count). The Morgan fingerprint density at radius 1 is 1.04 bits per heavy atom. The molecule has 1 heterocycles. The molecule has 0 saturated carbocycles. The van der Waals surface area contributed by atoms with Crippen LogP contribution in [-0.4, -0.2) is 21.6 Å². The minimum absolute atomic E-state index is 0.0267. The van der Waals surface area contributed by atoms with E-state index in [2.05, 4.69) is 4.72 Å². The van der Waals surface area contributed by atoms with Crippen LogP contribution in [0.2, 0.25) is 0 Å². The molecule has 5 nitrogen and oxygen atoms in total. The first-order valence-electron chi connectivity index (χ1n) is 7.24. The van der Waals surface area contributed by atoms with Gasteiger partial charge in [-0.1, -0.05) is 6.07 Å². The summed E-state index contributed by atoms with van der Waals surface area (Å²) in [4.78, 5) is -0.0267. The molecule has 24 heavy (non-hydrogen) atoms. The minimum Gasteiger partial charge on any atom is -0.486 e. The van der Waals surface area contributed by atoms with Gasteiger partial charge >= 0.3 is 0 Å². The summed E-state index contributed by atoms with van der Waals surface area (Å²) in [5.74, 6) is -0.729. The molecule has 2 aromatic rings. The Bertz CT molecular complexity index is 870. The Kier molecular flexibility index (Phi) is 4.42. The van der Waals surface area contributed by atoms with Crippen LogP contribution in [0, 0.1) is 11.6 Å². The van der Waals surface area contributed by atoms with Gasteiger partial charge in [-0.25, -0.2) is 21.9 Å². The van der Waals surface area contributed by atoms with E-state index in [-0.39, 0.29) is 10.5 Å².